The van der Waals surface area contributed by atoms with Crippen molar-refractivity contribution in [3.05, 3.63) is 35.6 Å². The fourth-order valence-electron chi connectivity index (χ4n) is 1.15. The minimum atomic E-state index is -0.386. The van der Waals surface area contributed by atoms with E-state index in [1.807, 2.05) is 0 Å². The lowest BCUT2D eigenvalue weighted by molar-refractivity contribution is 0.0952. The highest BCUT2D eigenvalue weighted by molar-refractivity contribution is 9.09. The van der Waals surface area contributed by atoms with Crippen molar-refractivity contribution in [1.29, 1.82) is 0 Å². The molecule has 1 rings (SSSR count). The van der Waals surface area contributed by atoms with Gasteiger partial charge in [-0.25, -0.2) is 4.39 Å². The molecule has 2 nitrogen and oxygen atoms in total. The summed E-state index contributed by atoms with van der Waals surface area (Å²) in [6, 6.07) is 5.69. The van der Waals surface area contributed by atoms with E-state index < -0.39 is 0 Å². The van der Waals surface area contributed by atoms with E-state index in [0.29, 0.717) is 12.1 Å². The number of benzene rings is 1. The molecule has 0 radical (unpaired) electrons. The molecule has 0 fully saturated rings. The van der Waals surface area contributed by atoms with Gasteiger partial charge in [0.05, 0.1) is 0 Å². The molecule has 0 heterocycles. The molecule has 0 aliphatic carbocycles. The molecule has 4 heteroatoms. The van der Waals surface area contributed by atoms with Crippen LogP contribution in [0.3, 0.4) is 0 Å². The third kappa shape index (κ3) is 4.42. The number of halogens is 2. The predicted molar refractivity (Wildman–Crippen MR) is 61.8 cm³/mol. The maximum absolute atomic E-state index is 12.8. The molecule has 1 aromatic rings. The van der Waals surface area contributed by atoms with Gasteiger partial charge in [-0.15, -0.1) is 0 Å². The van der Waals surface area contributed by atoms with Crippen LogP contribution in [0.4, 0.5) is 4.39 Å². The number of amides is 1. The summed E-state index contributed by atoms with van der Waals surface area (Å²) in [5, 5.41) is 3.67. The Labute approximate surface area is 97.0 Å². The number of hydrogen-bond acceptors (Lipinski definition) is 1. The highest BCUT2D eigenvalue weighted by Crippen LogP contribution is 2.03. The second-order valence-electron chi connectivity index (χ2n) is 3.16. The maximum Gasteiger partial charge on any atom is 0.251 e. The minimum Gasteiger partial charge on any atom is -0.352 e. The summed E-state index contributed by atoms with van der Waals surface area (Å²) in [6.07, 6.45) is 1.94. The fourth-order valence-corrected chi connectivity index (χ4v) is 1.55. The molecule has 0 aliphatic rings. The Morgan fingerprint density at radius 3 is 2.87 bits per heavy atom. The molecule has 15 heavy (non-hydrogen) atoms. The quantitative estimate of drug-likeness (QED) is 0.649. The standard InChI is InChI=1S/C11H13BrFNO/c12-6-1-2-7-14-11(15)9-4-3-5-10(13)8-9/h3-5,8H,1-2,6-7H2,(H,14,15). The van der Waals surface area contributed by atoms with Gasteiger partial charge in [-0.05, 0) is 31.0 Å². The topological polar surface area (TPSA) is 29.1 Å². The number of carbonyl (C=O) groups excluding carboxylic acids is 1. The lowest BCUT2D eigenvalue weighted by Crippen LogP contribution is -2.24. The molecule has 0 aliphatic heterocycles. The number of alkyl halides is 1. The van der Waals surface area contributed by atoms with E-state index in [-0.39, 0.29) is 11.7 Å². The van der Waals surface area contributed by atoms with Crippen molar-refractivity contribution < 1.29 is 9.18 Å². The first-order valence-electron chi connectivity index (χ1n) is 4.84. The Balaban J connectivity index is 2.40. The molecule has 0 saturated carbocycles. The van der Waals surface area contributed by atoms with Gasteiger partial charge in [-0.3, -0.25) is 4.79 Å². The van der Waals surface area contributed by atoms with Crippen LogP contribution in [0.5, 0.6) is 0 Å². The lowest BCUT2D eigenvalue weighted by Gasteiger charge is -2.04. The van der Waals surface area contributed by atoms with Crippen molar-refractivity contribution in [2.24, 2.45) is 0 Å². The van der Waals surface area contributed by atoms with Gasteiger partial charge >= 0.3 is 0 Å². The summed E-state index contributed by atoms with van der Waals surface area (Å²) in [5.41, 5.74) is 0.369. The highest BCUT2D eigenvalue weighted by Gasteiger charge is 2.04. The van der Waals surface area contributed by atoms with Crippen LogP contribution in [0.2, 0.25) is 0 Å². The normalized spacial score (nSPS) is 10.0. The van der Waals surface area contributed by atoms with E-state index in [0.717, 1.165) is 18.2 Å². The molecule has 0 saturated heterocycles. The van der Waals surface area contributed by atoms with Gasteiger partial charge in [0.25, 0.3) is 5.91 Å². The first-order chi connectivity index (χ1) is 7.24. The van der Waals surface area contributed by atoms with Crippen molar-refractivity contribution in [3.8, 4) is 0 Å². The van der Waals surface area contributed by atoms with Crippen LogP contribution in [0, 0.1) is 5.82 Å². The molecule has 1 aromatic carbocycles. The Kier molecular flexibility index (Phi) is 5.32. The van der Waals surface area contributed by atoms with E-state index >= 15 is 0 Å². The zero-order chi connectivity index (χ0) is 11.1. The molecule has 0 unspecified atom stereocenters. The number of hydrogen-bond donors (Lipinski definition) is 1. The molecule has 0 atom stereocenters. The average molecular weight is 274 g/mol. The second-order valence-corrected chi connectivity index (χ2v) is 3.96. The van der Waals surface area contributed by atoms with Gasteiger partial charge in [0.2, 0.25) is 0 Å². The van der Waals surface area contributed by atoms with E-state index in [4.69, 9.17) is 0 Å². The number of carbonyl (C=O) groups is 1. The monoisotopic (exact) mass is 273 g/mol. The Bertz CT molecular complexity index is 330. The molecule has 0 aromatic heterocycles. The molecule has 1 N–H and O–H groups in total. The van der Waals surface area contributed by atoms with Crippen LogP contribution in [0.15, 0.2) is 24.3 Å². The third-order valence-electron chi connectivity index (χ3n) is 1.93. The van der Waals surface area contributed by atoms with Crippen molar-refractivity contribution in [3.63, 3.8) is 0 Å². The van der Waals surface area contributed by atoms with Crippen LogP contribution in [0.1, 0.15) is 23.2 Å². The zero-order valence-electron chi connectivity index (χ0n) is 8.30. The summed E-state index contributed by atoms with van der Waals surface area (Å²) >= 11 is 3.31. The Morgan fingerprint density at radius 1 is 1.40 bits per heavy atom. The van der Waals surface area contributed by atoms with E-state index in [2.05, 4.69) is 21.2 Å². The number of nitrogens with one attached hydrogen (secondary N) is 1. The van der Waals surface area contributed by atoms with Crippen LogP contribution in [-0.2, 0) is 0 Å². The zero-order valence-corrected chi connectivity index (χ0v) is 9.89. The second kappa shape index (κ2) is 6.56. The van der Waals surface area contributed by atoms with E-state index in [1.54, 1.807) is 6.07 Å². The van der Waals surface area contributed by atoms with Gasteiger partial charge in [0.15, 0.2) is 0 Å². The van der Waals surface area contributed by atoms with Gasteiger partial charge in [-0.1, -0.05) is 22.0 Å². The SMILES string of the molecule is O=C(NCCCCBr)c1cccc(F)c1. The molecule has 1 amide bonds. The van der Waals surface area contributed by atoms with E-state index in [9.17, 15) is 9.18 Å². The van der Waals surface area contributed by atoms with Crippen molar-refractivity contribution in [1.82, 2.24) is 5.32 Å². The van der Waals surface area contributed by atoms with Crippen LogP contribution in [0.25, 0.3) is 0 Å². The minimum absolute atomic E-state index is 0.218. The van der Waals surface area contributed by atoms with E-state index in [1.165, 1.54) is 18.2 Å². The van der Waals surface area contributed by atoms with Gasteiger partial charge in [-0.2, -0.15) is 0 Å². The Hall–Kier alpha value is -0.900. The summed E-state index contributed by atoms with van der Waals surface area (Å²) in [5.74, 6) is -0.604. The van der Waals surface area contributed by atoms with Gasteiger partial charge in [0, 0.05) is 17.4 Å². The maximum atomic E-state index is 12.8. The Morgan fingerprint density at radius 2 is 2.20 bits per heavy atom. The summed E-state index contributed by atoms with van der Waals surface area (Å²) in [4.78, 5) is 11.5. The molecular formula is C11H13BrFNO. The molecule has 0 spiro atoms. The largest absolute Gasteiger partial charge is 0.352 e. The predicted octanol–water partition coefficient (Wildman–Crippen LogP) is 2.73. The van der Waals surface area contributed by atoms with Gasteiger partial charge in [0.1, 0.15) is 5.82 Å². The highest BCUT2D eigenvalue weighted by atomic mass is 79.9. The molecule has 0 bridgehead atoms. The smallest absolute Gasteiger partial charge is 0.251 e. The van der Waals surface area contributed by atoms with Crippen molar-refractivity contribution in [2.45, 2.75) is 12.8 Å². The van der Waals surface area contributed by atoms with Gasteiger partial charge < -0.3 is 5.32 Å². The van der Waals surface area contributed by atoms with Crippen molar-refractivity contribution >= 4 is 21.8 Å². The molecular weight excluding hydrogens is 261 g/mol. The lowest BCUT2D eigenvalue weighted by atomic mass is 10.2. The summed E-state index contributed by atoms with van der Waals surface area (Å²) in [6.45, 7) is 0.626. The molecule has 82 valence electrons. The summed E-state index contributed by atoms with van der Waals surface area (Å²) < 4.78 is 12.8. The van der Waals surface area contributed by atoms with Crippen LogP contribution in [-0.4, -0.2) is 17.8 Å². The van der Waals surface area contributed by atoms with Crippen molar-refractivity contribution in [2.75, 3.05) is 11.9 Å². The third-order valence-corrected chi connectivity index (χ3v) is 2.49. The number of unbranched alkanes of at least 4 members (excludes halogenated alkanes) is 1. The van der Waals surface area contributed by atoms with Crippen LogP contribution < -0.4 is 5.32 Å². The number of rotatable bonds is 5. The first kappa shape index (κ1) is 12.2. The average Bonchev–Trinajstić information content (AvgIpc) is 2.24. The van der Waals surface area contributed by atoms with Crippen LogP contribution >= 0.6 is 15.9 Å². The first-order valence-corrected chi connectivity index (χ1v) is 5.96. The fraction of sp³-hybridized carbons (Fsp3) is 0.364. The summed E-state index contributed by atoms with van der Waals surface area (Å²) in [7, 11) is 0.